The number of hydrogen-bond donors (Lipinski definition) is 2. The number of rotatable bonds is 8. The van der Waals surface area contributed by atoms with Crippen LogP contribution in [0.2, 0.25) is 5.02 Å². The summed E-state index contributed by atoms with van der Waals surface area (Å²) in [5, 5.41) is 9.03. The van der Waals surface area contributed by atoms with E-state index in [9.17, 15) is 18.0 Å². The normalized spacial score (nSPS) is 11.2. The summed E-state index contributed by atoms with van der Waals surface area (Å²) in [5.74, 6) is -1.29. The van der Waals surface area contributed by atoms with Crippen LogP contribution >= 0.6 is 11.6 Å². The minimum atomic E-state index is -3.66. The van der Waals surface area contributed by atoms with Crippen molar-refractivity contribution in [3.8, 4) is 0 Å². The van der Waals surface area contributed by atoms with Gasteiger partial charge in [-0.25, -0.2) is 13.1 Å². The lowest BCUT2D eigenvalue weighted by atomic mass is 10.0. The highest BCUT2D eigenvalue weighted by molar-refractivity contribution is 7.89. The molecule has 132 valence electrons. The van der Waals surface area contributed by atoms with Gasteiger partial charge in [-0.1, -0.05) is 35.9 Å². The standard InChI is InChI=1S/C17H16ClNO5S/c18-14-5-7-15(8-6-14)25(23,24)19-11-12-1-3-13(4-2-12)16(20)9-10-17(21)22/h1-8,19H,9-11H2,(H,21,22). The topological polar surface area (TPSA) is 101 Å². The highest BCUT2D eigenvalue weighted by Crippen LogP contribution is 2.15. The van der Waals surface area contributed by atoms with Gasteiger partial charge in [0.1, 0.15) is 0 Å². The number of aliphatic carboxylic acids is 1. The van der Waals surface area contributed by atoms with Gasteiger partial charge in [-0.15, -0.1) is 0 Å². The van der Waals surface area contributed by atoms with Gasteiger partial charge < -0.3 is 5.11 Å². The molecular formula is C17H16ClNO5S. The molecule has 0 unspecified atom stereocenters. The molecule has 0 atom stereocenters. The fourth-order valence-electron chi connectivity index (χ4n) is 2.05. The van der Waals surface area contributed by atoms with Gasteiger partial charge in [0.25, 0.3) is 0 Å². The number of halogens is 1. The molecule has 2 aromatic carbocycles. The Kier molecular flexibility index (Phi) is 6.30. The summed E-state index contributed by atoms with van der Waals surface area (Å²) in [6.45, 7) is 0.0640. The van der Waals surface area contributed by atoms with E-state index in [4.69, 9.17) is 16.7 Å². The van der Waals surface area contributed by atoms with Crippen LogP contribution in [0.25, 0.3) is 0 Å². The minimum absolute atomic E-state index is 0.0640. The minimum Gasteiger partial charge on any atom is -0.481 e. The number of carbonyl (C=O) groups excluding carboxylic acids is 1. The Hall–Kier alpha value is -2.22. The molecule has 6 nitrogen and oxygen atoms in total. The van der Waals surface area contributed by atoms with Crippen molar-refractivity contribution < 1.29 is 23.1 Å². The maximum Gasteiger partial charge on any atom is 0.303 e. The van der Waals surface area contributed by atoms with E-state index in [1.807, 2.05) is 0 Å². The van der Waals surface area contributed by atoms with E-state index >= 15 is 0 Å². The lowest BCUT2D eigenvalue weighted by Crippen LogP contribution is -2.23. The van der Waals surface area contributed by atoms with E-state index in [0.717, 1.165) is 0 Å². The molecule has 0 aliphatic carbocycles. The molecule has 0 aromatic heterocycles. The fraction of sp³-hybridized carbons (Fsp3) is 0.176. The molecule has 0 radical (unpaired) electrons. The van der Waals surface area contributed by atoms with Gasteiger partial charge >= 0.3 is 5.97 Å². The first-order valence-electron chi connectivity index (χ1n) is 7.37. The smallest absolute Gasteiger partial charge is 0.303 e. The lowest BCUT2D eigenvalue weighted by Gasteiger charge is -2.08. The Labute approximate surface area is 150 Å². The Balaban J connectivity index is 1.98. The van der Waals surface area contributed by atoms with Crippen molar-refractivity contribution >= 4 is 33.4 Å². The number of sulfonamides is 1. The molecule has 25 heavy (non-hydrogen) atoms. The molecule has 0 spiro atoms. The van der Waals surface area contributed by atoms with Gasteiger partial charge in [-0.2, -0.15) is 0 Å². The number of ketones is 1. The van der Waals surface area contributed by atoms with Gasteiger partial charge in [-0.3, -0.25) is 9.59 Å². The summed E-state index contributed by atoms with van der Waals surface area (Å²) in [5.41, 5.74) is 1.07. The maximum atomic E-state index is 12.2. The summed E-state index contributed by atoms with van der Waals surface area (Å²) in [6.07, 6.45) is -0.292. The number of benzene rings is 2. The molecular weight excluding hydrogens is 366 g/mol. The maximum absolute atomic E-state index is 12.2. The van der Waals surface area contributed by atoms with Crippen molar-refractivity contribution in [3.05, 3.63) is 64.7 Å². The number of carbonyl (C=O) groups is 2. The van der Waals surface area contributed by atoms with Crippen molar-refractivity contribution in [2.45, 2.75) is 24.3 Å². The van der Waals surface area contributed by atoms with Crippen molar-refractivity contribution in [3.63, 3.8) is 0 Å². The van der Waals surface area contributed by atoms with Gasteiger partial charge in [0, 0.05) is 23.6 Å². The zero-order valence-electron chi connectivity index (χ0n) is 13.1. The van der Waals surface area contributed by atoms with E-state index in [-0.39, 0.29) is 30.1 Å². The molecule has 2 rings (SSSR count). The summed E-state index contributed by atoms with van der Waals surface area (Å²) in [4.78, 5) is 22.4. The van der Waals surface area contributed by atoms with Crippen molar-refractivity contribution in [2.24, 2.45) is 0 Å². The average molecular weight is 382 g/mol. The van der Waals surface area contributed by atoms with Gasteiger partial charge in [0.05, 0.1) is 11.3 Å². The molecule has 0 saturated heterocycles. The molecule has 0 bridgehead atoms. The predicted molar refractivity (Wildman–Crippen MR) is 93.1 cm³/mol. The van der Waals surface area contributed by atoms with E-state index < -0.39 is 16.0 Å². The first-order chi connectivity index (χ1) is 11.8. The molecule has 0 aliphatic heterocycles. The monoisotopic (exact) mass is 381 g/mol. The van der Waals surface area contributed by atoms with Crippen LogP contribution in [0.1, 0.15) is 28.8 Å². The molecule has 2 aromatic rings. The van der Waals surface area contributed by atoms with Crippen LogP contribution in [-0.4, -0.2) is 25.3 Å². The van der Waals surface area contributed by atoms with Crippen LogP contribution in [0.4, 0.5) is 0 Å². The SMILES string of the molecule is O=C(O)CCC(=O)c1ccc(CNS(=O)(=O)c2ccc(Cl)cc2)cc1. The highest BCUT2D eigenvalue weighted by Gasteiger charge is 2.14. The number of carboxylic acids is 1. The Morgan fingerprint density at radius 1 is 0.960 bits per heavy atom. The zero-order valence-corrected chi connectivity index (χ0v) is 14.7. The Morgan fingerprint density at radius 2 is 1.56 bits per heavy atom. The van der Waals surface area contributed by atoms with Crippen LogP contribution in [-0.2, 0) is 21.4 Å². The quantitative estimate of drug-likeness (QED) is 0.685. The van der Waals surface area contributed by atoms with Crippen LogP contribution in [0.5, 0.6) is 0 Å². The van der Waals surface area contributed by atoms with Crippen molar-refractivity contribution in [1.29, 1.82) is 0 Å². The number of hydrogen-bond acceptors (Lipinski definition) is 4. The van der Waals surface area contributed by atoms with Crippen LogP contribution in [0, 0.1) is 0 Å². The number of Topliss-reactive ketones (excluding diaryl/α,β-unsaturated/α-hetero) is 1. The third kappa shape index (κ3) is 5.67. The van der Waals surface area contributed by atoms with Gasteiger partial charge in [0.15, 0.2) is 5.78 Å². The van der Waals surface area contributed by atoms with Crippen LogP contribution < -0.4 is 4.72 Å². The number of carboxylic acid groups (broad SMARTS) is 1. The molecule has 0 saturated carbocycles. The van der Waals surface area contributed by atoms with E-state index in [2.05, 4.69) is 4.72 Å². The van der Waals surface area contributed by atoms with E-state index in [1.54, 1.807) is 24.3 Å². The van der Waals surface area contributed by atoms with Gasteiger partial charge in [-0.05, 0) is 29.8 Å². The molecule has 0 amide bonds. The fourth-order valence-corrected chi connectivity index (χ4v) is 3.19. The molecule has 0 aliphatic rings. The second-order valence-corrected chi connectivity index (χ2v) is 7.50. The van der Waals surface area contributed by atoms with Crippen molar-refractivity contribution in [2.75, 3.05) is 0 Å². The molecule has 2 N–H and O–H groups in total. The van der Waals surface area contributed by atoms with Crippen LogP contribution in [0.15, 0.2) is 53.4 Å². The third-order valence-electron chi connectivity index (χ3n) is 3.43. The van der Waals surface area contributed by atoms with E-state index in [0.29, 0.717) is 16.1 Å². The van der Waals surface area contributed by atoms with Crippen molar-refractivity contribution in [1.82, 2.24) is 4.72 Å². The third-order valence-corrected chi connectivity index (χ3v) is 5.10. The lowest BCUT2D eigenvalue weighted by molar-refractivity contribution is -0.136. The zero-order chi connectivity index (χ0) is 18.4. The first kappa shape index (κ1) is 19.1. The second-order valence-electron chi connectivity index (χ2n) is 5.29. The summed E-state index contributed by atoms with van der Waals surface area (Å²) in [7, 11) is -3.66. The molecule has 8 heteroatoms. The number of nitrogens with one attached hydrogen (secondary N) is 1. The van der Waals surface area contributed by atoms with Gasteiger partial charge in [0.2, 0.25) is 10.0 Å². The average Bonchev–Trinajstić information content (AvgIpc) is 2.59. The Morgan fingerprint density at radius 3 is 2.12 bits per heavy atom. The first-order valence-corrected chi connectivity index (χ1v) is 9.23. The molecule has 0 fully saturated rings. The highest BCUT2D eigenvalue weighted by atomic mass is 35.5. The van der Waals surface area contributed by atoms with E-state index in [1.165, 1.54) is 24.3 Å². The molecule has 0 heterocycles. The predicted octanol–water partition coefficient (Wildman–Crippen LogP) is 2.87. The second kappa shape index (κ2) is 8.24. The Bertz CT molecular complexity index is 861. The summed E-state index contributed by atoms with van der Waals surface area (Å²) in [6, 6.07) is 12.2. The summed E-state index contributed by atoms with van der Waals surface area (Å²) < 4.78 is 26.8. The van der Waals surface area contributed by atoms with Crippen LogP contribution in [0.3, 0.4) is 0 Å². The summed E-state index contributed by atoms with van der Waals surface area (Å²) >= 11 is 5.74. The largest absolute Gasteiger partial charge is 0.481 e.